The van der Waals surface area contributed by atoms with Crippen LogP contribution in [0.15, 0.2) is 0 Å². The Labute approximate surface area is 94.0 Å². The van der Waals surface area contributed by atoms with Gasteiger partial charge >= 0.3 is 12.0 Å². The van der Waals surface area contributed by atoms with Gasteiger partial charge < -0.3 is 15.7 Å². The van der Waals surface area contributed by atoms with Crippen LogP contribution in [-0.2, 0) is 4.79 Å². The normalized spacial score (nSPS) is 11.9. The third-order valence-electron chi connectivity index (χ3n) is 1.82. The van der Waals surface area contributed by atoms with E-state index in [9.17, 15) is 9.59 Å². The number of amides is 2. The summed E-state index contributed by atoms with van der Waals surface area (Å²) in [7, 11) is 0. The molecule has 5 nitrogen and oxygen atoms in total. The number of aliphatic carboxylic acids is 1. The van der Waals surface area contributed by atoms with Gasteiger partial charge in [0, 0.05) is 6.54 Å². The van der Waals surface area contributed by atoms with Crippen molar-refractivity contribution in [2.75, 3.05) is 18.6 Å². The minimum Gasteiger partial charge on any atom is -0.480 e. The Hall–Kier alpha value is -0.910. The molecule has 3 N–H and O–H groups in total. The smallest absolute Gasteiger partial charge is 0.326 e. The maximum Gasteiger partial charge on any atom is 0.326 e. The molecule has 0 unspecified atom stereocenters. The zero-order chi connectivity index (χ0) is 11.7. The Balaban J connectivity index is 3.67. The monoisotopic (exact) mass is 234 g/mol. The van der Waals surface area contributed by atoms with Crippen LogP contribution in [0.1, 0.15) is 19.8 Å². The summed E-state index contributed by atoms with van der Waals surface area (Å²) in [4.78, 5) is 21.8. The number of carboxylic acid groups (broad SMARTS) is 1. The molecule has 0 aliphatic heterocycles. The number of thioether (sulfide) groups is 1. The molecule has 1 atom stereocenters. The number of carbonyl (C=O) groups is 2. The Bertz CT molecular complexity index is 212. The molecule has 0 spiro atoms. The van der Waals surface area contributed by atoms with E-state index in [2.05, 4.69) is 10.6 Å². The summed E-state index contributed by atoms with van der Waals surface area (Å²) < 4.78 is 0. The van der Waals surface area contributed by atoms with Gasteiger partial charge in [-0.05, 0) is 24.9 Å². The standard InChI is InChI=1S/C9H18N2O3S/c1-3-7(8(12)13)11-9(14)10-5-4-6-15-2/h7H,3-6H2,1-2H3,(H,12,13)(H2,10,11,14)/t7-/m0/s1. The lowest BCUT2D eigenvalue weighted by atomic mass is 10.2. The molecule has 0 heterocycles. The molecule has 0 fully saturated rings. The molecule has 0 saturated carbocycles. The summed E-state index contributed by atoms with van der Waals surface area (Å²) >= 11 is 1.71. The zero-order valence-corrected chi connectivity index (χ0v) is 9.89. The van der Waals surface area contributed by atoms with E-state index in [0.717, 1.165) is 12.2 Å². The second-order valence-electron chi connectivity index (χ2n) is 3.05. The van der Waals surface area contributed by atoms with Crippen molar-refractivity contribution in [1.29, 1.82) is 0 Å². The number of hydrogen-bond acceptors (Lipinski definition) is 3. The van der Waals surface area contributed by atoms with Crippen LogP contribution in [-0.4, -0.2) is 41.7 Å². The molecule has 0 bridgehead atoms. The summed E-state index contributed by atoms with van der Waals surface area (Å²) in [6.07, 6.45) is 3.27. The average molecular weight is 234 g/mol. The highest BCUT2D eigenvalue weighted by molar-refractivity contribution is 7.98. The van der Waals surface area contributed by atoms with Crippen LogP contribution in [0.5, 0.6) is 0 Å². The van der Waals surface area contributed by atoms with Crippen molar-refractivity contribution < 1.29 is 14.7 Å². The summed E-state index contributed by atoms with van der Waals surface area (Å²) in [5.74, 6) is -0.0204. The van der Waals surface area contributed by atoms with Gasteiger partial charge in [-0.25, -0.2) is 9.59 Å². The van der Waals surface area contributed by atoms with Crippen molar-refractivity contribution in [1.82, 2.24) is 10.6 Å². The van der Waals surface area contributed by atoms with E-state index in [4.69, 9.17) is 5.11 Å². The second-order valence-corrected chi connectivity index (χ2v) is 4.03. The lowest BCUT2D eigenvalue weighted by Gasteiger charge is -2.12. The highest BCUT2D eigenvalue weighted by Crippen LogP contribution is 1.94. The van der Waals surface area contributed by atoms with E-state index in [-0.39, 0.29) is 0 Å². The van der Waals surface area contributed by atoms with Gasteiger partial charge in [-0.2, -0.15) is 11.8 Å². The molecule has 6 heteroatoms. The molecule has 0 aliphatic rings. The third-order valence-corrected chi connectivity index (χ3v) is 2.52. The molecule has 0 aromatic rings. The fourth-order valence-electron chi connectivity index (χ4n) is 0.966. The van der Waals surface area contributed by atoms with E-state index < -0.39 is 18.0 Å². The third kappa shape index (κ3) is 7.07. The molecule has 0 aliphatic carbocycles. The van der Waals surface area contributed by atoms with Gasteiger partial charge in [-0.1, -0.05) is 6.92 Å². The first-order valence-electron chi connectivity index (χ1n) is 4.88. The highest BCUT2D eigenvalue weighted by Gasteiger charge is 2.16. The topological polar surface area (TPSA) is 78.4 Å². The Morgan fingerprint density at radius 3 is 2.60 bits per heavy atom. The van der Waals surface area contributed by atoms with Crippen molar-refractivity contribution in [2.24, 2.45) is 0 Å². The van der Waals surface area contributed by atoms with E-state index in [0.29, 0.717) is 13.0 Å². The predicted molar refractivity (Wildman–Crippen MR) is 61.2 cm³/mol. The van der Waals surface area contributed by atoms with E-state index in [1.807, 2.05) is 6.26 Å². The lowest BCUT2D eigenvalue weighted by Crippen LogP contribution is -2.45. The average Bonchev–Trinajstić information content (AvgIpc) is 2.20. The van der Waals surface area contributed by atoms with Crippen LogP contribution in [0, 0.1) is 0 Å². The van der Waals surface area contributed by atoms with E-state index in [1.165, 1.54) is 0 Å². The molecule has 15 heavy (non-hydrogen) atoms. The zero-order valence-electron chi connectivity index (χ0n) is 9.08. The van der Waals surface area contributed by atoms with Gasteiger partial charge in [0.05, 0.1) is 0 Å². The Morgan fingerprint density at radius 2 is 2.13 bits per heavy atom. The van der Waals surface area contributed by atoms with Gasteiger partial charge in [0.15, 0.2) is 0 Å². The van der Waals surface area contributed by atoms with Gasteiger partial charge in [-0.15, -0.1) is 0 Å². The molecule has 0 aromatic heterocycles. The molecular formula is C9H18N2O3S. The van der Waals surface area contributed by atoms with Gasteiger partial charge in [0.1, 0.15) is 6.04 Å². The summed E-state index contributed by atoms with van der Waals surface area (Å²) in [6.45, 7) is 2.29. The first-order valence-corrected chi connectivity index (χ1v) is 6.27. The number of carbonyl (C=O) groups excluding carboxylic acids is 1. The summed E-state index contributed by atoms with van der Waals surface area (Å²) in [5.41, 5.74) is 0. The van der Waals surface area contributed by atoms with Gasteiger partial charge in [0.2, 0.25) is 0 Å². The first kappa shape index (κ1) is 14.1. The maximum absolute atomic E-state index is 11.2. The van der Waals surface area contributed by atoms with Crippen molar-refractivity contribution in [3.05, 3.63) is 0 Å². The van der Waals surface area contributed by atoms with Crippen LogP contribution < -0.4 is 10.6 Å². The molecular weight excluding hydrogens is 216 g/mol. The van der Waals surface area contributed by atoms with Crippen molar-refractivity contribution in [3.63, 3.8) is 0 Å². The number of hydrogen-bond donors (Lipinski definition) is 3. The van der Waals surface area contributed by atoms with Crippen LogP contribution in [0.4, 0.5) is 4.79 Å². The van der Waals surface area contributed by atoms with Crippen molar-refractivity contribution in [3.8, 4) is 0 Å². The fraction of sp³-hybridized carbons (Fsp3) is 0.778. The number of urea groups is 1. The fourth-order valence-corrected chi connectivity index (χ4v) is 1.40. The molecule has 2 amide bonds. The van der Waals surface area contributed by atoms with Crippen LogP contribution >= 0.6 is 11.8 Å². The van der Waals surface area contributed by atoms with Crippen LogP contribution in [0.2, 0.25) is 0 Å². The number of rotatable bonds is 7. The minimum absolute atomic E-state index is 0.383. The highest BCUT2D eigenvalue weighted by atomic mass is 32.2. The lowest BCUT2D eigenvalue weighted by molar-refractivity contribution is -0.139. The van der Waals surface area contributed by atoms with Gasteiger partial charge in [0.25, 0.3) is 0 Å². The largest absolute Gasteiger partial charge is 0.480 e. The van der Waals surface area contributed by atoms with Crippen molar-refractivity contribution in [2.45, 2.75) is 25.8 Å². The molecule has 0 rings (SSSR count). The Kier molecular flexibility index (Phi) is 7.89. The van der Waals surface area contributed by atoms with Crippen LogP contribution in [0.25, 0.3) is 0 Å². The molecule has 88 valence electrons. The van der Waals surface area contributed by atoms with E-state index in [1.54, 1.807) is 18.7 Å². The molecule has 0 saturated heterocycles. The second kappa shape index (κ2) is 8.40. The first-order chi connectivity index (χ1) is 7.11. The summed E-state index contributed by atoms with van der Waals surface area (Å²) in [6, 6.07) is -1.21. The van der Waals surface area contributed by atoms with Crippen molar-refractivity contribution >= 4 is 23.8 Å². The van der Waals surface area contributed by atoms with Crippen LogP contribution in [0.3, 0.4) is 0 Å². The van der Waals surface area contributed by atoms with E-state index >= 15 is 0 Å². The summed E-state index contributed by atoms with van der Waals surface area (Å²) in [5, 5.41) is 13.7. The molecule has 0 radical (unpaired) electrons. The molecule has 0 aromatic carbocycles. The van der Waals surface area contributed by atoms with Gasteiger partial charge in [-0.3, -0.25) is 0 Å². The predicted octanol–water partition coefficient (Wildman–Crippen LogP) is 0.902. The Morgan fingerprint density at radius 1 is 1.47 bits per heavy atom. The number of nitrogens with one attached hydrogen (secondary N) is 2. The maximum atomic E-state index is 11.2. The SMILES string of the molecule is CC[C@H](NC(=O)NCCCSC)C(=O)O. The number of carboxylic acids is 1. The minimum atomic E-state index is -1.00. The quantitative estimate of drug-likeness (QED) is 0.572.